The Balaban J connectivity index is 0.000000810. The number of carbonyl (C=O) groups is 1. The van der Waals surface area contributed by atoms with Crippen LogP contribution in [-0.2, 0) is 0 Å². The van der Waals surface area contributed by atoms with Crippen molar-refractivity contribution >= 4 is 22.4 Å². The number of thiophene rings is 1. The summed E-state index contributed by atoms with van der Waals surface area (Å²) in [7, 11) is 0. The van der Waals surface area contributed by atoms with E-state index in [1.807, 2.05) is 0 Å². The number of nitrogens with one attached hydrogen (secondary N) is 1. The van der Waals surface area contributed by atoms with Gasteiger partial charge in [0, 0.05) is 0 Å². The third-order valence-corrected chi connectivity index (χ3v) is 1.53. The Labute approximate surface area is 62.1 Å². The van der Waals surface area contributed by atoms with Crippen molar-refractivity contribution in [1.82, 2.24) is 6.15 Å². The predicted molar refractivity (Wildman–Crippen MR) is 39.3 cm³/mol. The molecule has 56 valence electrons. The second-order valence-electron chi connectivity index (χ2n) is 1.39. The van der Waals surface area contributed by atoms with E-state index in [-0.39, 0.29) is 6.15 Å². The van der Waals surface area contributed by atoms with Gasteiger partial charge in [0.2, 0.25) is 0 Å². The van der Waals surface area contributed by atoms with Gasteiger partial charge in [-0.2, -0.15) is 0 Å². The molecule has 0 atom stereocenters. The lowest BCUT2D eigenvalue weighted by molar-refractivity contribution is -0.242. The first-order valence-electron chi connectivity index (χ1n) is 2.30. The number of rotatable bonds is 1. The lowest BCUT2D eigenvalue weighted by Crippen LogP contribution is -2.28. The Bertz CT molecular complexity index is 197. The van der Waals surface area contributed by atoms with E-state index >= 15 is 0 Å². The molecule has 0 aliphatic rings. The van der Waals surface area contributed by atoms with Gasteiger partial charge in [0.25, 0.3) is 0 Å². The first kappa shape index (κ1) is 8.93. The van der Waals surface area contributed by atoms with Crippen LogP contribution < -0.4 is 16.6 Å². The van der Waals surface area contributed by atoms with Gasteiger partial charge in [0.15, 0.2) is 0 Å². The van der Waals surface area contributed by atoms with Crippen LogP contribution in [0.25, 0.3) is 0 Å². The Morgan fingerprint density at radius 2 is 2.40 bits per heavy atom. The summed E-state index contributed by atoms with van der Waals surface area (Å²) in [6.45, 7) is 0. The summed E-state index contributed by atoms with van der Waals surface area (Å²) in [6.07, 6.45) is -1.27. The molecule has 1 aromatic rings. The van der Waals surface area contributed by atoms with E-state index in [0.717, 1.165) is 0 Å². The zero-order valence-electron chi connectivity index (χ0n) is 5.46. The molecule has 0 aliphatic heterocycles. The smallest absolute Gasteiger partial charge is 0.139 e. The van der Waals surface area contributed by atoms with Gasteiger partial charge in [0.1, 0.15) is 6.09 Å². The molecule has 0 fully saturated rings. The second-order valence-corrected chi connectivity index (χ2v) is 2.34. The van der Waals surface area contributed by atoms with E-state index in [1.54, 1.807) is 17.5 Å². The molecule has 5 heteroatoms. The van der Waals surface area contributed by atoms with E-state index < -0.39 is 6.09 Å². The maximum Gasteiger partial charge on any atom is 0.139 e. The maximum absolute atomic E-state index is 9.85. The molecular formula is C5H8N2O2S. The predicted octanol–water partition coefficient (Wildman–Crippen LogP) is 0.879. The third kappa shape index (κ3) is 2.47. The first-order chi connectivity index (χ1) is 4.29. The SMILES string of the molecule is O=C([O-])Nc1cccs1.[NH4+]. The topological polar surface area (TPSA) is 88.7 Å². The van der Waals surface area contributed by atoms with Crippen LogP contribution in [0.15, 0.2) is 17.5 Å². The normalized spacial score (nSPS) is 8.00. The molecule has 1 heterocycles. The molecule has 0 unspecified atom stereocenters. The number of carbonyl (C=O) groups excluding carboxylic acids is 1. The molecule has 5 N–H and O–H groups in total. The van der Waals surface area contributed by atoms with Gasteiger partial charge in [-0.3, -0.25) is 0 Å². The fourth-order valence-corrected chi connectivity index (χ4v) is 1.05. The summed E-state index contributed by atoms with van der Waals surface area (Å²) in [5.74, 6) is 0. The van der Waals surface area contributed by atoms with Gasteiger partial charge in [-0.25, -0.2) is 0 Å². The molecule has 0 aliphatic carbocycles. The Kier molecular flexibility index (Phi) is 3.45. The highest BCUT2D eigenvalue weighted by Gasteiger charge is 1.87. The summed E-state index contributed by atoms with van der Waals surface area (Å²) in [5, 5.41) is 14.3. The zero-order chi connectivity index (χ0) is 6.69. The van der Waals surface area contributed by atoms with Crippen molar-refractivity contribution < 1.29 is 9.90 Å². The minimum absolute atomic E-state index is 0. The van der Waals surface area contributed by atoms with Gasteiger partial charge in [0.05, 0.1) is 5.00 Å². The van der Waals surface area contributed by atoms with Gasteiger partial charge < -0.3 is 21.4 Å². The molecule has 0 radical (unpaired) electrons. The highest BCUT2D eigenvalue weighted by molar-refractivity contribution is 7.14. The van der Waals surface area contributed by atoms with Gasteiger partial charge >= 0.3 is 0 Å². The van der Waals surface area contributed by atoms with Crippen LogP contribution >= 0.6 is 11.3 Å². The number of hydrogen-bond donors (Lipinski definition) is 2. The monoisotopic (exact) mass is 160 g/mol. The largest absolute Gasteiger partial charge is 0.530 e. The van der Waals surface area contributed by atoms with Crippen molar-refractivity contribution in [2.24, 2.45) is 0 Å². The molecule has 0 bridgehead atoms. The lowest BCUT2D eigenvalue weighted by Gasteiger charge is -2.00. The summed E-state index contributed by atoms with van der Waals surface area (Å²) in [4.78, 5) is 9.85. The molecule has 1 aromatic heterocycles. The van der Waals surface area contributed by atoms with E-state index in [2.05, 4.69) is 5.32 Å². The van der Waals surface area contributed by atoms with E-state index in [4.69, 9.17) is 0 Å². The molecule has 4 nitrogen and oxygen atoms in total. The Morgan fingerprint density at radius 1 is 1.70 bits per heavy atom. The molecule has 1 amide bonds. The van der Waals surface area contributed by atoms with Crippen LogP contribution in [0, 0.1) is 0 Å². The summed E-state index contributed by atoms with van der Waals surface area (Å²) >= 11 is 1.32. The highest BCUT2D eigenvalue weighted by atomic mass is 32.1. The summed E-state index contributed by atoms with van der Waals surface area (Å²) in [5.41, 5.74) is 0. The average molecular weight is 160 g/mol. The van der Waals surface area contributed by atoms with E-state index in [0.29, 0.717) is 5.00 Å². The van der Waals surface area contributed by atoms with Crippen LogP contribution in [0.2, 0.25) is 0 Å². The summed E-state index contributed by atoms with van der Waals surface area (Å²) in [6, 6.07) is 3.43. The fourth-order valence-electron chi connectivity index (χ4n) is 0.450. The third-order valence-electron chi connectivity index (χ3n) is 0.746. The van der Waals surface area contributed by atoms with Gasteiger partial charge in [-0.05, 0) is 17.5 Å². The van der Waals surface area contributed by atoms with Crippen LogP contribution in [0.5, 0.6) is 0 Å². The van der Waals surface area contributed by atoms with Crippen molar-refractivity contribution in [3.8, 4) is 0 Å². The molecular weight excluding hydrogens is 152 g/mol. The Hall–Kier alpha value is -1.07. The van der Waals surface area contributed by atoms with E-state index in [1.165, 1.54) is 11.3 Å². The van der Waals surface area contributed by atoms with Gasteiger partial charge in [-0.15, -0.1) is 11.3 Å². The molecule has 1 rings (SSSR count). The first-order valence-corrected chi connectivity index (χ1v) is 3.18. The zero-order valence-corrected chi connectivity index (χ0v) is 6.27. The van der Waals surface area contributed by atoms with Crippen molar-refractivity contribution in [2.75, 3.05) is 5.32 Å². The molecule has 10 heavy (non-hydrogen) atoms. The van der Waals surface area contributed by atoms with Crippen LogP contribution in [0.1, 0.15) is 0 Å². The van der Waals surface area contributed by atoms with Crippen molar-refractivity contribution in [2.45, 2.75) is 0 Å². The number of hydrogen-bond acceptors (Lipinski definition) is 3. The summed E-state index contributed by atoms with van der Waals surface area (Å²) < 4.78 is 0. The van der Waals surface area contributed by atoms with E-state index in [9.17, 15) is 9.90 Å². The fraction of sp³-hybridized carbons (Fsp3) is 0. The molecule has 0 saturated carbocycles. The molecule has 0 saturated heterocycles. The quantitative estimate of drug-likeness (QED) is 0.638. The Morgan fingerprint density at radius 3 is 2.80 bits per heavy atom. The minimum atomic E-state index is -1.27. The van der Waals surface area contributed by atoms with Gasteiger partial charge in [-0.1, -0.05) is 0 Å². The number of quaternary nitrogens is 1. The number of anilines is 1. The van der Waals surface area contributed by atoms with Crippen molar-refractivity contribution in [3.05, 3.63) is 17.5 Å². The van der Waals surface area contributed by atoms with Crippen LogP contribution in [0.3, 0.4) is 0 Å². The second kappa shape index (κ2) is 3.86. The van der Waals surface area contributed by atoms with Crippen LogP contribution in [-0.4, -0.2) is 6.09 Å². The number of carboxylic acid groups (broad SMARTS) is 1. The maximum atomic E-state index is 9.85. The minimum Gasteiger partial charge on any atom is -0.530 e. The molecule has 0 spiro atoms. The van der Waals surface area contributed by atoms with Crippen molar-refractivity contribution in [1.29, 1.82) is 0 Å². The lowest BCUT2D eigenvalue weighted by atomic mass is 10.6. The average Bonchev–Trinajstić information content (AvgIpc) is 2.15. The molecule has 0 aromatic carbocycles. The standard InChI is InChI=1S/C5H5NO2S.H3N/c7-5(8)6-4-2-1-3-9-4;/h1-3,6H,(H,7,8);1H3. The van der Waals surface area contributed by atoms with Crippen LogP contribution in [0.4, 0.5) is 9.80 Å². The highest BCUT2D eigenvalue weighted by Crippen LogP contribution is 2.13. The number of amides is 1. The van der Waals surface area contributed by atoms with Crippen molar-refractivity contribution in [3.63, 3.8) is 0 Å².